The lowest BCUT2D eigenvalue weighted by atomic mass is 9.98. The lowest BCUT2D eigenvalue weighted by Crippen LogP contribution is -2.61. The van der Waals surface area contributed by atoms with Crippen molar-refractivity contribution in [2.45, 2.75) is 90.1 Å². The van der Waals surface area contributed by atoms with Gasteiger partial charge in [0, 0.05) is 24.9 Å². The minimum absolute atomic E-state index is 0.222. The monoisotopic (exact) mass is 708 g/mol. The van der Waals surface area contributed by atoms with E-state index >= 15 is 0 Å². The Morgan fingerprint density at radius 1 is 0.532 bits per heavy atom. The van der Waals surface area contributed by atoms with E-state index in [1.54, 1.807) is 27.7 Å². The zero-order chi connectivity index (χ0) is 36.6. The zero-order valence-electron chi connectivity index (χ0n) is 26.6. The summed E-state index contributed by atoms with van der Waals surface area (Å²) in [6, 6.07) is -8.36. The van der Waals surface area contributed by atoms with Crippen LogP contribution in [0.1, 0.15) is 53.9 Å². The van der Waals surface area contributed by atoms with Gasteiger partial charge in [-0.25, -0.2) is 4.79 Å². The molecule has 0 aliphatic rings. The van der Waals surface area contributed by atoms with E-state index in [0.717, 1.165) is 6.92 Å². The average molecular weight is 709 g/mol. The molecule has 6 amide bonds. The highest BCUT2D eigenvalue weighted by Gasteiger charge is 2.35. The van der Waals surface area contributed by atoms with Gasteiger partial charge < -0.3 is 47.2 Å². The predicted octanol–water partition coefficient (Wildman–Crippen LogP) is -2.49. The van der Waals surface area contributed by atoms with Crippen LogP contribution in [-0.2, 0) is 43.2 Å². The van der Waals surface area contributed by atoms with Gasteiger partial charge in [0.05, 0.1) is 6.42 Å². The molecule has 0 saturated carbocycles. The molecule has 0 heterocycles. The lowest BCUT2D eigenvalue weighted by molar-refractivity contribution is -0.141. The minimum atomic E-state index is -1.59. The Labute approximate surface area is 282 Å². The number of hydrogen-bond donors (Lipinski definition) is 11. The maximum Gasteiger partial charge on any atom is 0.327 e. The Morgan fingerprint density at radius 2 is 0.936 bits per heavy atom. The molecule has 0 aromatic rings. The van der Waals surface area contributed by atoms with Crippen LogP contribution in [0.4, 0.5) is 0 Å². The number of amides is 6. The van der Waals surface area contributed by atoms with Crippen LogP contribution in [-0.4, -0.2) is 116 Å². The lowest BCUT2D eigenvalue weighted by Gasteiger charge is -2.29. The van der Waals surface area contributed by atoms with Crippen LogP contribution in [0, 0.1) is 11.8 Å². The Hall–Kier alpha value is -4.07. The molecular weight excluding hydrogens is 664 g/mol. The van der Waals surface area contributed by atoms with E-state index in [4.69, 9.17) is 15.3 Å². The highest BCUT2D eigenvalue weighted by molar-refractivity contribution is 7.80. The smallest absolute Gasteiger partial charge is 0.327 e. The largest absolute Gasteiger partial charge is 0.481 e. The van der Waals surface area contributed by atoms with Crippen molar-refractivity contribution in [3.8, 4) is 0 Å². The molecule has 0 saturated heterocycles. The molecule has 0 aliphatic carbocycles. The summed E-state index contributed by atoms with van der Waals surface area (Å²) < 4.78 is 0. The Morgan fingerprint density at radius 3 is 1.34 bits per heavy atom. The summed E-state index contributed by atoms with van der Waals surface area (Å²) in [4.78, 5) is 110. The Kier molecular flexibility index (Phi) is 19.1. The predicted molar refractivity (Wildman–Crippen MR) is 171 cm³/mol. The second-order valence-electron chi connectivity index (χ2n) is 11.1. The van der Waals surface area contributed by atoms with Gasteiger partial charge in [-0.2, -0.15) is 25.3 Å². The van der Waals surface area contributed by atoms with Crippen molar-refractivity contribution in [2.24, 2.45) is 11.8 Å². The van der Waals surface area contributed by atoms with Crippen molar-refractivity contribution in [2.75, 3.05) is 11.5 Å². The first kappa shape index (κ1) is 42.9. The van der Waals surface area contributed by atoms with Crippen molar-refractivity contribution in [3.05, 3.63) is 0 Å². The third-order valence-corrected chi connectivity index (χ3v) is 7.19. The molecule has 47 heavy (non-hydrogen) atoms. The second-order valence-corrected chi connectivity index (χ2v) is 11.9. The number of carboxylic acid groups (broad SMARTS) is 3. The fourth-order valence-corrected chi connectivity index (χ4v) is 4.42. The minimum Gasteiger partial charge on any atom is -0.481 e. The first-order valence-corrected chi connectivity index (χ1v) is 15.7. The summed E-state index contributed by atoms with van der Waals surface area (Å²) in [5.74, 6) is -11.0. The van der Waals surface area contributed by atoms with Crippen molar-refractivity contribution in [3.63, 3.8) is 0 Å². The molecule has 0 radical (unpaired) electrons. The summed E-state index contributed by atoms with van der Waals surface area (Å²) in [7, 11) is 0. The van der Waals surface area contributed by atoms with Crippen LogP contribution >= 0.6 is 25.3 Å². The van der Waals surface area contributed by atoms with Gasteiger partial charge in [0.2, 0.25) is 35.4 Å². The molecular formula is C27H44N6O12S2. The Bertz CT molecular complexity index is 1170. The van der Waals surface area contributed by atoms with Crippen LogP contribution in [0.25, 0.3) is 0 Å². The molecule has 0 fully saturated rings. The van der Waals surface area contributed by atoms with Crippen LogP contribution in [0.3, 0.4) is 0 Å². The number of carboxylic acids is 3. The summed E-state index contributed by atoms with van der Waals surface area (Å²) >= 11 is 7.92. The number of carbonyl (C=O) groups is 9. The molecule has 0 bridgehead atoms. The van der Waals surface area contributed by atoms with Gasteiger partial charge in [-0.05, 0) is 18.3 Å². The number of nitrogens with one attached hydrogen (secondary N) is 6. The van der Waals surface area contributed by atoms with E-state index < -0.39 is 121 Å². The van der Waals surface area contributed by atoms with E-state index in [0.29, 0.717) is 0 Å². The van der Waals surface area contributed by atoms with Gasteiger partial charge in [-0.15, -0.1) is 0 Å². The molecule has 0 aromatic carbocycles. The Balaban J connectivity index is 5.96. The maximum atomic E-state index is 13.4. The summed E-state index contributed by atoms with van der Waals surface area (Å²) in [6.45, 7) is 7.33. The average Bonchev–Trinajstić information content (AvgIpc) is 2.95. The van der Waals surface area contributed by atoms with Crippen LogP contribution in [0.2, 0.25) is 0 Å². The van der Waals surface area contributed by atoms with E-state index in [9.17, 15) is 43.2 Å². The molecule has 0 rings (SSSR count). The molecule has 9 N–H and O–H groups in total. The van der Waals surface area contributed by atoms with Crippen molar-refractivity contribution >= 4 is 78.6 Å². The summed E-state index contributed by atoms with van der Waals surface area (Å²) in [5, 5.41) is 41.4. The van der Waals surface area contributed by atoms with Crippen molar-refractivity contribution < 1.29 is 58.5 Å². The number of rotatable bonds is 21. The molecule has 0 aliphatic heterocycles. The molecule has 6 unspecified atom stereocenters. The van der Waals surface area contributed by atoms with Crippen molar-refractivity contribution in [1.29, 1.82) is 0 Å². The fourth-order valence-electron chi connectivity index (χ4n) is 3.92. The van der Waals surface area contributed by atoms with Crippen LogP contribution in [0.15, 0.2) is 0 Å². The molecule has 0 aromatic heterocycles. The molecule has 18 nitrogen and oxygen atoms in total. The standard InChI is InChI=1S/C27H44N6O12S2/c1-11(2)20(25(42)30-16(9-46)24(41)31-17(10-47)27(44)45)33-26(43)21(12(3)4)32-22(39)14(6-7-18(35)36)29-23(40)15(8-19(37)38)28-13(5)34/h11-12,14-17,20-21,46-47H,6-10H2,1-5H3,(H,28,34)(H,29,40)(H,30,42)(H,31,41)(H,32,39)(H,33,43)(H,35,36)(H,37,38)(H,44,45). The van der Waals surface area contributed by atoms with E-state index in [1.807, 2.05) is 0 Å². The van der Waals surface area contributed by atoms with E-state index in [1.165, 1.54) is 0 Å². The highest BCUT2D eigenvalue weighted by Crippen LogP contribution is 2.09. The van der Waals surface area contributed by atoms with E-state index in [2.05, 4.69) is 57.2 Å². The number of thiol groups is 2. The number of hydrogen-bond acceptors (Lipinski definition) is 11. The molecule has 6 atom stereocenters. The second kappa shape index (κ2) is 20.9. The van der Waals surface area contributed by atoms with Gasteiger partial charge >= 0.3 is 17.9 Å². The van der Waals surface area contributed by atoms with E-state index in [-0.39, 0.29) is 11.5 Å². The van der Waals surface area contributed by atoms with Crippen LogP contribution in [0.5, 0.6) is 0 Å². The SMILES string of the molecule is CC(=O)NC(CC(=O)O)C(=O)NC(CCC(=O)O)C(=O)NC(C(=O)NC(C(=O)NC(CS)C(=O)NC(CS)C(=O)O)C(C)C)C(C)C. The van der Waals surface area contributed by atoms with Gasteiger partial charge in [0.15, 0.2) is 0 Å². The molecule has 266 valence electrons. The third-order valence-electron chi connectivity index (χ3n) is 6.46. The molecule has 0 spiro atoms. The first-order valence-electron chi connectivity index (χ1n) is 14.4. The first-order chi connectivity index (χ1) is 21.7. The molecule has 20 heteroatoms. The summed E-state index contributed by atoms with van der Waals surface area (Å²) in [6.07, 6.45) is -1.89. The van der Waals surface area contributed by atoms with Gasteiger partial charge in [-0.1, -0.05) is 27.7 Å². The quantitative estimate of drug-likeness (QED) is 0.0553. The van der Waals surface area contributed by atoms with Gasteiger partial charge in [0.1, 0.15) is 36.3 Å². The maximum absolute atomic E-state index is 13.4. The highest BCUT2D eigenvalue weighted by atomic mass is 32.1. The van der Waals surface area contributed by atoms with Crippen LogP contribution < -0.4 is 31.9 Å². The number of carbonyl (C=O) groups excluding carboxylic acids is 6. The topological polar surface area (TPSA) is 286 Å². The van der Waals surface area contributed by atoms with Gasteiger partial charge in [0.25, 0.3) is 0 Å². The zero-order valence-corrected chi connectivity index (χ0v) is 28.4. The fraction of sp³-hybridized carbons (Fsp3) is 0.667. The number of aliphatic carboxylic acids is 3. The summed E-state index contributed by atoms with van der Waals surface area (Å²) in [5.41, 5.74) is 0. The van der Waals surface area contributed by atoms with Gasteiger partial charge in [-0.3, -0.25) is 38.4 Å². The normalized spacial score (nSPS) is 14.7. The third kappa shape index (κ3) is 15.9. The van der Waals surface area contributed by atoms with Crippen molar-refractivity contribution in [1.82, 2.24) is 31.9 Å².